The maximum atomic E-state index is 12.4. The highest BCUT2D eigenvalue weighted by atomic mass is 32.2. The van der Waals surface area contributed by atoms with Crippen LogP contribution >= 0.6 is 23.1 Å². The number of nitrogens with two attached hydrogens (primary N) is 1. The lowest BCUT2D eigenvalue weighted by atomic mass is 10.2. The average Bonchev–Trinajstić information content (AvgIpc) is 3.32. The van der Waals surface area contributed by atoms with E-state index in [1.54, 1.807) is 23.5 Å². The third kappa shape index (κ3) is 5.13. The number of hydrogen-bond donors (Lipinski definition) is 2. The zero-order valence-corrected chi connectivity index (χ0v) is 16.3. The highest BCUT2D eigenvalue weighted by Gasteiger charge is 2.22. The molecule has 1 amide bonds. The van der Waals surface area contributed by atoms with E-state index in [9.17, 15) is 4.79 Å². The summed E-state index contributed by atoms with van der Waals surface area (Å²) in [4.78, 5) is 15.9. The first kappa shape index (κ1) is 18.5. The number of hydrogen-bond acceptors (Lipinski definition) is 4. The van der Waals surface area contributed by atoms with Crippen LogP contribution in [-0.4, -0.2) is 11.2 Å². The first-order valence-electron chi connectivity index (χ1n) is 8.50. The van der Waals surface area contributed by atoms with Gasteiger partial charge in [0.15, 0.2) is 0 Å². The Balaban J connectivity index is 1.67. The molecule has 1 aliphatic rings. The number of rotatable bonds is 7. The summed E-state index contributed by atoms with van der Waals surface area (Å²) in [6.45, 7) is 5.81. The summed E-state index contributed by atoms with van der Waals surface area (Å²) in [6.07, 6.45) is 7.94. The standard InChI is InChI=1S/C21H22N2OS2/c1-3-4-16(19-12-5-14(2)25-19)13-20(22)23-21(24)15-6-8-17(9-7-15)26-18-10-11-18/h3-9,12-13,18H,1,10-11,22H2,2H3,(H,23,24)/b16-4+,20-13+. The number of benzene rings is 1. The van der Waals surface area contributed by atoms with Crippen LogP contribution in [0.1, 0.15) is 33.0 Å². The van der Waals surface area contributed by atoms with Crippen molar-refractivity contribution in [2.45, 2.75) is 29.9 Å². The molecule has 3 rings (SSSR count). The van der Waals surface area contributed by atoms with Gasteiger partial charge in [0.1, 0.15) is 5.82 Å². The van der Waals surface area contributed by atoms with Crippen LogP contribution in [-0.2, 0) is 0 Å². The number of carbonyl (C=O) groups is 1. The van der Waals surface area contributed by atoms with Crippen molar-refractivity contribution in [3.05, 3.63) is 82.3 Å². The van der Waals surface area contributed by atoms with E-state index in [1.807, 2.05) is 48.2 Å². The van der Waals surface area contributed by atoms with Gasteiger partial charge < -0.3 is 11.1 Å². The van der Waals surface area contributed by atoms with Crippen LogP contribution in [0.25, 0.3) is 5.57 Å². The fourth-order valence-electron chi connectivity index (χ4n) is 2.39. The fourth-order valence-corrected chi connectivity index (χ4v) is 4.30. The van der Waals surface area contributed by atoms with Gasteiger partial charge in [0, 0.05) is 25.5 Å². The molecule has 26 heavy (non-hydrogen) atoms. The molecular weight excluding hydrogens is 360 g/mol. The molecule has 134 valence electrons. The quantitative estimate of drug-likeness (QED) is 0.654. The van der Waals surface area contributed by atoms with Gasteiger partial charge in [-0.3, -0.25) is 4.79 Å². The van der Waals surface area contributed by atoms with E-state index >= 15 is 0 Å². The van der Waals surface area contributed by atoms with E-state index in [0.29, 0.717) is 11.4 Å². The molecule has 0 atom stereocenters. The summed E-state index contributed by atoms with van der Waals surface area (Å²) in [6, 6.07) is 11.8. The van der Waals surface area contributed by atoms with Crippen molar-refractivity contribution in [3.63, 3.8) is 0 Å². The number of carbonyl (C=O) groups excluding carboxylic acids is 1. The molecule has 3 nitrogen and oxygen atoms in total. The topological polar surface area (TPSA) is 55.1 Å². The number of aryl methyl sites for hydroxylation is 1. The second kappa shape index (κ2) is 8.43. The lowest BCUT2D eigenvalue weighted by Crippen LogP contribution is -2.27. The molecule has 0 saturated heterocycles. The van der Waals surface area contributed by atoms with Crippen molar-refractivity contribution in [3.8, 4) is 0 Å². The monoisotopic (exact) mass is 382 g/mol. The van der Waals surface area contributed by atoms with E-state index in [2.05, 4.69) is 24.9 Å². The average molecular weight is 383 g/mol. The normalized spacial score (nSPS) is 15.0. The number of thioether (sulfide) groups is 1. The van der Waals surface area contributed by atoms with Crippen LogP contribution in [0.3, 0.4) is 0 Å². The first-order valence-corrected chi connectivity index (χ1v) is 10.2. The van der Waals surface area contributed by atoms with Crippen molar-refractivity contribution >= 4 is 34.6 Å². The maximum absolute atomic E-state index is 12.4. The van der Waals surface area contributed by atoms with Crippen molar-refractivity contribution in [1.29, 1.82) is 0 Å². The summed E-state index contributed by atoms with van der Waals surface area (Å²) in [7, 11) is 0. The Morgan fingerprint density at radius 2 is 2.00 bits per heavy atom. The molecule has 3 N–H and O–H groups in total. The summed E-state index contributed by atoms with van der Waals surface area (Å²) in [5, 5.41) is 3.51. The molecule has 1 aliphatic carbocycles. The minimum Gasteiger partial charge on any atom is -0.385 e. The Bertz CT molecular complexity index is 858. The molecule has 5 heteroatoms. The largest absolute Gasteiger partial charge is 0.385 e. The molecular formula is C21H22N2OS2. The Labute approximate surface area is 162 Å². The Kier molecular flexibility index (Phi) is 6.01. The van der Waals surface area contributed by atoms with E-state index in [4.69, 9.17) is 5.73 Å². The van der Waals surface area contributed by atoms with Crippen molar-refractivity contribution in [2.24, 2.45) is 5.73 Å². The fraction of sp³-hybridized carbons (Fsp3) is 0.190. The lowest BCUT2D eigenvalue weighted by molar-refractivity contribution is 0.0965. The number of allylic oxidation sites excluding steroid dienone is 4. The first-order chi connectivity index (χ1) is 12.5. The second-order valence-corrected chi connectivity index (χ2v) is 8.83. The minimum atomic E-state index is -0.206. The SMILES string of the molecule is C=C/C=C(\C=C(/N)NC(=O)c1ccc(SC2CC2)cc1)c1ccc(C)s1. The van der Waals surface area contributed by atoms with E-state index in [-0.39, 0.29) is 5.91 Å². The van der Waals surface area contributed by atoms with Gasteiger partial charge in [-0.05, 0) is 67.8 Å². The predicted molar refractivity (Wildman–Crippen MR) is 112 cm³/mol. The zero-order chi connectivity index (χ0) is 18.5. The third-order valence-electron chi connectivity index (χ3n) is 3.83. The minimum absolute atomic E-state index is 0.206. The summed E-state index contributed by atoms with van der Waals surface area (Å²) >= 11 is 3.55. The van der Waals surface area contributed by atoms with Gasteiger partial charge in [-0.1, -0.05) is 18.7 Å². The van der Waals surface area contributed by atoms with Crippen molar-refractivity contribution in [2.75, 3.05) is 0 Å². The van der Waals surface area contributed by atoms with Crippen LogP contribution in [0.4, 0.5) is 0 Å². The van der Waals surface area contributed by atoms with Gasteiger partial charge in [0.2, 0.25) is 0 Å². The van der Waals surface area contributed by atoms with Gasteiger partial charge in [-0.25, -0.2) is 0 Å². The van der Waals surface area contributed by atoms with Gasteiger partial charge in [-0.15, -0.1) is 23.1 Å². The summed E-state index contributed by atoms with van der Waals surface area (Å²) in [5.41, 5.74) is 7.57. The predicted octanol–water partition coefficient (Wildman–Crippen LogP) is 5.11. The van der Waals surface area contributed by atoms with Crippen molar-refractivity contribution < 1.29 is 4.79 Å². The van der Waals surface area contributed by atoms with E-state index in [1.165, 1.54) is 22.6 Å². The van der Waals surface area contributed by atoms with Crippen LogP contribution < -0.4 is 11.1 Å². The highest BCUT2D eigenvalue weighted by Crippen LogP contribution is 2.39. The smallest absolute Gasteiger partial charge is 0.256 e. The van der Waals surface area contributed by atoms with Crippen molar-refractivity contribution in [1.82, 2.24) is 5.32 Å². The molecule has 2 aromatic rings. The van der Waals surface area contributed by atoms with Crippen LogP contribution in [0.2, 0.25) is 0 Å². The molecule has 1 saturated carbocycles. The Morgan fingerprint density at radius 1 is 1.27 bits per heavy atom. The van der Waals surface area contributed by atoms with Crippen LogP contribution in [0.5, 0.6) is 0 Å². The van der Waals surface area contributed by atoms with Gasteiger partial charge >= 0.3 is 0 Å². The maximum Gasteiger partial charge on any atom is 0.256 e. The number of nitrogens with one attached hydrogen (secondary N) is 1. The second-order valence-electron chi connectivity index (χ2n) is 6.16. The van der Waals surface area contributed by atoms with Gasteiger partial charge in [0.25, 0.3) is 5.91 Å². The molecule has 1 aromatic carbocycles. The van der Waals surface area contributed by atoms with Crippen LogP contribution in [0.15, 0.2) is 71.9 Å². The molecule has 0 radical (unpaired) electrons. The van der Waals surface area contributed by atoms with Gasteiger partial charge in [0.05, 0.1) is 0 Å². The third-order valence-corrected chi connectivity index (χ3v) is 6.23. The molecule has 1 aromatic heterocycles. The molecule has 0 unspecified atom stereocenters. The summed E-state index contributed by atoms with van der Waals surface area (Å²) in [5.74, 6) is 0.104. The number of amides is 1. The summed E-state index contributed by atoms with van der Waals surface area (Å²) < 4.78 is 0. The molecule has 0 bridgehead atoms. The lowest BCUT2D eigenvalue weighted by Gasteiger charge is -2.07. The van der Waals surface area contributed by atoms with Gasteiger partial charge in [-0.2, -0.15) is 0 Å². The molecule has 0 aliphatic heterocycles. The number of thiophene rings is 1. The highest BCUT2D eigenvalue weighted by molar-refractivity contribution is 8.00. The molecule has 0 spiro atoms. The Hall–Kier alpha value is -2.24. The van der Waals surface area contributed by atoms with E-state index < -0.39 is 0 Å². The van der Waals surface area contributed by atoms with E-state index in [0.717, 1.165) is 15.7 Å². The molecule has 1 heterocycles. The van der Waals surface area contributed by atoms with Crippen LogP contribution in [0, 0.1) is 6.92 Å². The Morgan fingerprint density at radius 3 is 2.58 bits per heavy atom. The zero-order valence-electron chi connectivity index (χ0n) is 14.7. The molecule has 1 fully saturated rings.